The normalized spacial score (nSPS) is 16.0. The number of hydrogen-bond donors (Lipinski definition) is 0. The molecule has 2 aromatic rings. The Kier molecular flexibility index (Phi) is 3.61. The van der Waals surface area contributed by atoms with E-state index in [0.29, 0.717) is 0 Å². The Bertz CT molecular complexity index is 729. The smallest absolute Gasteiger partial charge is 0.150 e. The monoisotopic (exact) mass is 291 g/mol. The van der Waals surface area contributed by atoms with Crippen LogP contribution in [0.2, 0.25) is 0 Å². The number of hydrogen-bond acceptors (Lipinski definition) is 2. The first-order chi connectivity index (χ1) is 10.5. The van der Waals surface area contributed by atoms with Crippen molar-refractivity contribution < 1.29 is 4.79 Å². The van der Waals surface area contributed by atoms with E-state index in [1.54, 1.807) is 0 Å². The van der Waals surface area contributed by atoms with Crippen LogP contribution in [0.3, 0.4) is 0 Å². The van der Waals surface area contributed by atoms with E-state index in [1.807, 2.05) is 18.2 Å². The lowest BCUT2D eigenvalue weighted by Gasteiger charge is -2.43. The van der Waals surface area contributed by atoms with Gasteiger partial charge in [-0.05, 0) is 50.1 Å². The lowest BCUT2D eigenvalue weighted by atomic mass is 9.87. The summed E-state index contributed by atoms with van der Waals surface area (Å²) in [5.41, 5.74) is 5.53. The second-order valence-corrected chi connectivity index (χ2v) is 6.45. The van der Waals surface area contributed by atoms with E-state index in [4.69, 9.17) is 0 Å². The topological polar surface area (TPSA) is 20.3 Å². The molecule has 0 aromatic heterocycles. The number of allylic oxidation sites excluding steroid dienone is 1. The van der Waals surface area contributed by atoms with Crippen LogP contribution in [0.15, 0.2) is 54.6 Å². The first-order valence-electron chi connectivity index (χ1n) is 7.62. The lowest BCUT2D eigenvalue weighted by molar-refractivity contribution is 0.112. The Hall–Kier alpha value is -2.35. The van der Waals surface area contributed by atoms with Crippen molar-refractivity contribution in [2.24, 2.45) is 0 Å². The van der Waals surface area contributed by atoms with Crippen molar-refractivity contribution in [2.75, 3.05) is 4.90 Å². The Labute approximate surface area is 132 Å². The van der Waals surface area contributed by atoms with E-state index in [2.05, 4.69) is 62.1 Å². The van der Waals surface area contributed by atoms with Crippen molar-refractivity contribution in [3.8, 4) is 0 Å². The Balaban J connectivity index is 2.08. The van der Waals surface area contributed by atoms with Crippen molar-refractivity contribution in [1.29, 1.82) is 0 Å². The second-order valence-electron chi connectivity index (χ2n) is 6.45. The van der Waals surface area contributed by atoms with Gasteiger partial charge in [0.05, 0.1) is 5.54 Å². The molecule has 0 N–H and O–H groups in total. The van der Waals surface area contributed by atoms with E-state index in [-0.39, 0.29) is 5.54 Å². The lowest BCUT2D eigenvalue weighted by Crippen LogP contribution is -2.44. The number of carbonyl (C=O) groups is 1. The second kappa shape index (κ2) is 5.45. The molecule has 0 saturated carbocycles. The zero-order chi connectivity index (χ0) is 15.7. The van der Waals surface area contributed by atoms with Crippen LogP contribution >= 0.6 is 0 Å². The van der Waals surface area contributed by atoms with Crippen molar-refractivity contribution in [3.05, 3.63) is 71.3 Å². The Morgan fingerprint density at radius 1 is 1.09 bits per heavy atom. The molecule has 1 aliphatic rings. The summed E-state index contributed by atoms with van der Waals surface area (Å²) in [5, 5.41) is 0. The quantitative estimate of drug-likeness (QED) is 0.764. The highest BCUT2D eigenvalue weighted by atomic mass is 16.1. The van der Waals surface area contributed by atoms with Gasteiger partial charge in [0.2, 0.25) is 0 Å². The van der Waals surface area contributed by atoms with E-state index in [1.165, 1.54) is 16.8 Å². The fourth-order valence-corrected chi connectivity index (χ4v) is 3.23. The number of carbonyl (C=O) groups excluding carboxylic acids is 1. The average Bonchev–Trinajstić information content (AvgIpc) is 2.51. The molecule has 1 heterocycles. The zero-order valence-corrected chi connectivity index (χ0v) is 13.3. The summed E-state index contributed by atoms with van der Waals surface area (Å²) in [4.78, 5) is 13.5. The van der Waals surface area contributed by atoms with Gasteiger partial charge in [0, 0.05) is 23.4 Å². The molecule has 1 aliphatic heterocycles. The van der Waals surface area contributed by atoms with Gasteiger partial charge >= 0.3 is 0 Å². The Morgan fingerprint density at radius 3 is 2.50 bits per heavy atom. The number of fused-ring (bicyclic) bond motifs is 1. The van der Waals surface area contributed by atoms with Crippen LogP contribution in [-0.4, -0.2) is 11.8 Å². The minimum atomic E-state index is -0.0599. The van der Waals surface area contributed by atoms with E-state index < -0.39 is 0 Å². The minimum absolute atomic E-state index is 0.0599. The molecule has 0 fully saturated rings. The molecule has 0 bridgehead atoms. The fraction of sp³-hybridized carbons (Fsp3) is 0.250. The van der Waals surface area contributed by atoms with E-state index >= 15 is 0 Å². The van der Waals surface area contributed by atoms with E-state index in [9.17, 15) is 4.79 Å². The summed E-state index contributed by atoms with van der Waals surface area (Å²) in [6, 6.07) is 16.5. The highest BCUT2D eigenvalue weighted by Crippen LogP contribution is 2.40. The maximum atomic E-state index is 11.1. The van der Waals surface area contributed by atoms with Crippen LogP contribution < -0.4 is 4.90 Å². The summed E-state index contributed by atoms with van der Waals surface area (Å²) in [6.07, 6.45) is 3.20. The number of rotatable bonds is 3. The third kappa shape index (κ3) is 2.57. The first-order valence-corrected chi connectivity index (χ1v) is 7.62. The number of nitrogens with zero attached hydrogens (tertiary/aromatic N) is 1. The van der Waals surface area contributed by atoms with Gasteiger partial charge < -0.3 is 4.90 Å². The van der Waals surface area contributed by atoms with Crippen molar-refractivity contribution in [3.63, 3.8) is 0 Å². The molecular weight excluding hydrogens is 270 g/mol. The molecule has 2 aromatic carbocycles. The van der Waals surface area contributed by atoms with Crippen LogP contribution in [0.5, 0.6) is 0 Å². The first kappa shape index (κ1) is 14.6. The standard InChI is InChI=1S/C20H21NO/c1-15-12-20(2,3)21(13-16-7-5-4-6-8-16)19-10-9-17(14-22)11-18(15)19/h4-12,14H,13H2,1-3H3. The number of benzene rings is 2. The van der Waals surface area contributed by atoms with E-state index in [0.717, 1.165) is 24.0 Å². The van der Waals surface area contributed by atoms with Crippen LogP contribution in [-0.2, 0) is 6.54 Å². The molecule has 0 atom stereocenters. The molecule has 0 saturated heterocycles. The average molecular weight is 291 g/mol. The maximum absolute atomic E-state index is 11.1. The van der Waals surface area contributed by atoms with Crippen LogP contribution in [0.25, 0.3) is 5.57 Å². The summed E-state index contributed by atoms with van der Waals surface area (Å²) in [6.45, 7) is 7.44. The van der Waals surface area contributed by atoms with Gasteiger partial charge in [0.15, 0.2) is 0 Å². The van der Waals surface area contributed by atoms with Gasteiger partial charge in [-0.3, -0.25) is 4.79 Å². The number of anilines is 1. The minimum Gasteiger partial charge on any atom is -0.358 e. The summed E-state index contributed by atoms with van der Waals surface area (Å²) in [7, 11) is 0. The molecule has 22 heavy (non-hydrogen) atoms. The van der Waals surface area contributed by atoms with Crippen molar-refractivity contribution in [1.82, 2.24) is 0 Å². The fourth-order valence-electron chi connectivity index (χ4n) is 3.23. The Morgan fingerprint density at radius 2 is 1.82 bits per heavy atom. The maximum Gasteiger partial charge on any atom is 0.150 e. The number of aldehydes is 1. The molecule has 0 aliphatic carbocycles. The third-order valence-electron chi connectivity index (χ3n) is 4.32. The van der Waals surface area contributed by atoms with Gasteiger partial charge in [-0.15, -0.1) is 0 Å². The molecule has 2 nitrogen and oxygen atoms in total. The van der Waals surface area contributed by atoms with Crippen molar-refractivity contribution in [2.45, 2.75) is 32.9 Å². The van der Waals surface area contributed by atoms with Gasteiger partial charge in [0.1, 0.15) is 6.29 Å². The van der Waals surface area contributed by atoms with Gasteiger partial charge in [-0.1, -0.05) is 36.4 Å². The summed E-state index contributed by atoms with van der Waals surface area (Å²) < 4.78 is 0. The molecule has 2 heteroatoms. The molecule has 3 rings (SSSR count). The predicted molar refractivity (Wildman–Crippen MR) is 92.2 cm³/mol. The molecule has 0 spiro atoms. The van der Waals surface area contributed by atoms with Gasteiger partial charge in [-0.25, -0.2) is 0 Å². The van der Waals surface area contributed by atoms with Crippen molar-refractivity contribution >= 4 is 17.5 Å². The summed E-state index contributed by atoms with van der Waals surface area (Å²) >= 11 is 0. The molecule has 112 valence electrons. The van der Waals surface area contributed by atoms with Crippen LogP contribution in [0, 0.1) is 0 Å². The summed E-state index contributed by atoms with van der Waals surface area (Å²) in [5.74, 6) is 0. The largest absolute Gasteiger partial charge is 0.358 e. The third-order valence-corrected chi connectivity index (χ3v) is 4.32. The predicted octanol–water partition coefficient (Wildman–Crippen LogP) is 4.70. The molecule has 0 radical (unpaired) electrons. The molecule has 0 unspecified atom stereocenters. The van der Waals surface area contributed by atoms with Crippen LogP contribution in [0.4, 0.5) is 5.69 Å². The highest BCUT2D eigenvalue weighted by Gasteiger charge is 2.31. The van der Waals surface area contributed by atoms with Gasteiger partial charge in [-0.2, -0.15) is 0 Å². The van der Waals surface area contributed by atoms with Crippen LogP contribution in [0.1, 0.15) is 42.3 Å². The SMILES string of the molecule is CC1=CC(C)(C)N(Cc2ccccc2)c2ccc(C=O)cc21. The highest BCUT2D eigenvalue weighted by molar-refractivity contribution is 5.86. The van der Waals surface area contributed by atoms with Gasteiger partial charge in [0.25, 0.3) is 0 Å². The zero-order valence-electron chi connectivity index (χ0n) is 13.3. The molecule has 0 amide bonds. The molecular formula is C20H21NO.